The Balaban J connectivity index is 1.11. The number of amides is 1. The molecule has 0 saturated carbocycles. The van der Waals surface area contributed by atoms with E-state index >= 15 is 0 Å². The molecule has 3 heterocycles. The minimum absolute atomic E-state index is 0.140. The molecule has 0 bridgehead atoms. The van der Waals surface area contributed by atoms with Crippen LogP contribution in [0.5, 0.6) is 11.5 Å². The highest BCUT2D eigenvalue weighted by atomic mass is 16.3. The monoisotopic (exact) mass is 618 g/mol. The van der Waals surface area contributed by atoms with Crippen LogP contribution in [-0.2, 0) is 6.54 Å². The highest BCUT2D eigenvalue weighted by Gasteiger charge is 2.19. The first-order valence-electron chi connectivity index (χ1n) is 15.8. The first-order chi connectivity index (χ1) is 22.2. The van der Waals surface area contributed by atoms with Gasteiger partial charge >= 0.3 is 0 Å². The molecule has 46 heavy (non-hydrogen) atoms. The second-order valence-corrected chi connectivity index (χ2v) is 12.5. The number of benzene rings is 3. The molecular formula is C37H42N6O3. The number of pyridine rings is 1. The number of aryl methyl sites for hydroxylation is 1. The fourth-order valence-electron chi connectivity index (χ4n) is 6.38. The molecule has 1 unspecified atom stereocenters. The van der Waals surface area contributed by atoms with Gasteiger partial charge in [-0.05, 0) is 92.5 Å². The smallest absolute Gasteiger partial charge is 0.255 e. The summed E-state index contributed by atoms with van der Waals surface area (Å²) in [5.41, 5.74) is 7.35. The number of aromatic hydroxyl groups is 2. The molecule has 0 radical (unpaired) electrons. The summed E-state index contributed by atoms with van der Waals surface area (Å²) >= 11 is 0. The van der Waals surface area contributed by atoms with Gasteiger partial charge in [-0.25, -0.2) is 0 Å². The number of carbonyl (C=O) groups excluding carboxylic acids is 1. The zero-order valence-corrected chi connectivity index (χ0v) is 26.9. The summed E-state index contributed by atoms with van der Waals surface area (Å²) in [5.74, 6) is -0.0796. The summed E-state index contributed by atoms with van der Waals surface area (Å²) in [5, 5.41) is 28.6. The second kappa shape index (κ2) is 13.2. The predicted octanol–water partition coefficient (Wildman–Crippen LogP) is 6.61. The van der Waals surface area contributed by atoms with Gasteiger partial charge in [-0.15, -0.1) is 0 Å². The average molecular weight is 619 g/mol. The number of phenols is 2. The Hall–Kier alpha value is -4.86. The van der Waals surface area contributed by atoms with Crippen LogP contribution in [0.25, 0.3) is 22.0 Å². The van der Waals surface area contributed by atoms with E-state index in [-0.39, 0.29) is 23.0 Å². The van der Waals surface area contributed by atoms with E-state index in [4.69, 9.17) is 0 Å². The average Bonchev–Trinajstić information content (AvgIpc) is 3.27. The number of phenolic OH excluding ortho intramolecular Hbond substituents is 2. The topological polar surface area (TPSA) is 106 Å². The van der Waals surface area contributed by atoms with Crippen LogP contribution in [0.15, 0.2) is 79.1 Å². The molecule has 6 rings (SSSR count). The molecule has 4 N–H and O–H groups in total. The van der Waals surface area contributed by atoms with Gasteiger partial charge in [0, 0.05) is 103 Å². The summed E-state index contributed by atoms with van der Waals surface area (Å²) < 4.78 is 2.47. The number of fused-ring (bicyclic) bond motifs is 1. The van der Waals surface area contributed by atoms with Gasteiger partial charge in [0.15, 0.2) is 0 Å². The van der Waals surface area contributed by atoms with Crippen LogP contribution in [0, 0.1) is 19.8 Å². The fourth-order valence-corrected chi connectivity index (χ4v) is 6.38. The first kappa shape index (κ1) is 31.1. The summed E-state index contributed by atoms with van der Waals surface area (Å²) in [6.45, 7) is 13.4. The van der Waals surface area contributed by atoms with E-state index in [1.165, 1.54) is 34.3 Å². The molecule has 9 nitrogen and oxygen atoms in total. The van der Waals surface area contributed by atoms with Crippen molar-refractivity contribution in [1.82, 2.24) is 19.4 Å². The molecular weight excluding hydrogens is 576 g/mol. The van der Waals surface area contributed by atoms with E-state index in [2.05, 4.69) is 76.0 Å². The van der Waals surface area contributed by atoms with E-state index < -0.39 is 0 Å². The van der Waals surface area contributed by atoms with E-state index in [0.717, 1.165) is 50.6 Å². The maximum Gasteiger partial charge on any atom is 0.255 e. The number of hydrogen-bond acceptors (Lipinski definition) is 7. The van der Waals surface area contributed by atoms with Crippen molar-refractivity contribution in [3.8, 4) is 22.6 Å². The van der Waals surface area contributed by atoms with Gasteiger partial charge in [0.25, 0.3) is 5.91 Å². The Bertz CT molecular complexity index is 1820. The Morgan fingerprint density at radius 2 is 1.50 bits per heavy atom. The molecule has 1 aliphatic rings. The molecule has 1 fully saturated rings. The Morgan fingerprint density at radius 1 is 0.848 bits per heavy atom. The van der Waals surface area contributed by atoms with Crippen LogP contribution in [0.1, 0.15) is 28.5 Å². The van der Waals surface area contributed by atoms with Crippen molar-refractivity contribution in [3.63, 3.8) is 0 Å². The molecule has 238 valence electrons. The van der Waals surface area contributed by atoms with Crippen molar-refractivity contribution in [2.45, 2.75) is 27.3 Å². The van der Waals surface area contributed by atoms with Crippen molar-refractivity contribution >= 4 is 33.9 Å². The molecule has 1 atom stereocenters. The molecule has 3 aromatic carbocycles. The number of rotatable bonds is 9. The quantitative estimate of drug-likeness (QED) is 0.147. The third kappa shape index (κ3) is 6.71. The molecule has 1 amide bonds. The third-order valence-corrected chi connectivity index (χ3v) is 9.06. The molecule has 0 aliphatic carbocycles. The Kier molecular flexibility index (Phi) is 8.96. The summed E-state index contributed by atoms with van der Waals surface area (Å²) in [6.07, 6.45) is 3.16. The van der Waals surface area contributed by atoms with Crippen LogP contribution in [0.4, 0.5) is 17.1 Å². The normalized spacial score (nSPS) is 14.8. The minimum Gasteiger partial charge on any atom is -0.507 e. The van der Waals surface area contributed by atoms with Crippen molar-refractivity contribution < 1.29 is 15.0 Å². The zero-order chi connectivity index (χ0) is 32.4. The number of hydrogen-bond donors (Lipinski definition) is 4. The molecule has 1 aliphatic heterocycles. The number of likely N-dealkylation sites (N-methyl/N-ethyl adjacent to an activating group) is 1. The standard InChI is InChI=1S/C37H42N6O3/c1-24(22-42-17-15-41(4)16-18-42)23-43-26(3)25(2)32-19-30(9-10-33(32)43)39-29-7-5-28(6-8-29)37(46)40-31-20-34(44)36(35(45)21-31)27-11-13-38-14-12-27/h5-14,19-21,24,39,44-45H,15-18,22-23H2,1-4H3,(H,40,46). The van der Waals surface area contributed by atoms with Crippen LogP contribution in [-0.4, -0.2) is 75.2 Å². The molecule has 5 aromatic rings. The van der Waals surface area contributed by atoms with E-state index in [9.17, 15) is 15.0 Å². The van der Waals surface area contributed by atoms with Gasteiger partial charge in [-0.1, -0.05) is 6.92 Å². The van der Waals surface area contributed by atoms with Gasteiger partial charge in [0.1, 0.15) is 11.5 Å². The Morgan fingerprint density at radius 3 is 2.17 bits per heavy atom. The van der Waals surface area contributed by atoms with Crippen LogP contribution >= 0.6 is 0 Å². The van der Waals surface area contributed by atoms with Gasteiger partial charge in [0.2, 0.25) is 0 Å². The lowest BCUT2D eigenvalue weighted by molar-refractivity contribution is 0.102. The van der Waals surface area contributed by atoms with E-state index in [1.54, 1.807) is 36.7 Å². The Labute approximate surface area is 270 Å². The highest BCUT2D eigenvalue weighted by molar-refractivity contribution is 6.05. The third-order valence-electron chi connectivity index (χ3n) is 9.06. The van der Waals surface area contributed by atoms with Crippen molar-refractivity contribution in [3.05, 3.63) is 95.9 Å². The summed E-state index contributed by atoms with van der Waals surface area (Å²) in [7, 11) is 2.20. The van der Waals surface area contributed by atoms with Crippen LogP contribution < -0.4 is 10.6 Å². The maximum atomic E-state index is 13.0. The lowest BCUT2D eigenvalue weighted by atomic mass is 10.0. The number of anilines is 3. The van der Waals surface area contributed by atoms with Gasteiger partial charge in [-0.2, -0.15) is 0 Å². The van der Waals surface area contributed by atoms with Gasteiger partial charge in [0.05, 0.1) is 5.56 Å². The van der Waals surface area contributed by atoms with Crippen molar-refractivity contribution in [1.29, 1.82) is 0 Å². The number of aromatic nitrogens is 2. The molecule has 9 heteroatoms. The number of nitrogens with zero attached hydrogens (tertiary/aromatic N) is 4. The fraction of sp³-hybridized carbons (Fsp3) is 0.297. The van der Waals surface area contributed by atoms with E-state index in [1.807, 2.05) is 12.1 Å². The molecule has 2 aromatic heterocycles. The number of piperazine rings is 1. The predicted molar refractivity (Wildman–Crippen MR) is 185 cm³/mol. The van der Waals surface area contributed by atoms with Crippen LogP contribution in [0.3, 0.4) is 0 Å². The number of carbonyl (C=O) groups is 1. The van der Waals surface area contributed by atoms with Crippen LogP contribution in [0.2, 0.25) is 0 Å². The lowest BCUT2D eigenvalue weighted by Gasteiger charge is -2.34. The molecule has 1 saturated heterocycles. The van der Waals surface area contributed by atoms with Crippen molar-refractivity contribution in [2.24, 2.45) is 5.92 Å². The zero-order valence-electron chi connectivity index (χ0n) is 26.9. The SMILES string of the molecule is Cc1c(C)n(CC(C)CN2CCN(C)CC2)c2ccc(Nc3ccc(C(=O)Nc4cc(O)c(-c5ccncc5)c(O)c4)cc3)cc12. The van der Waals surface area contributed by atoms with E-state index in [0.29, 0.717) is 22.7 Å². The highest BCUT2D eigenvalue weighted by Crippen LogP contribution is 2.39. The lowest BCUT2D eigenvalue weighted by Crippen LogP contribution is -2.46. The minimum atomic E-state index is -0.349. The molecule has 0 spiro atoms. The summed E-state index contributed by atoms with van der Waals surface area (Å²) in [6, 6.07) is 20.0. The van der Waals surface area contributed by atoms with Gasteiger partial charge in [-0.3, -0.25) is 9.78 Å². The summed E-state index contributed by atoms with van der Waals surface area (Å²) in [4.78, 5) is 21.9. The van der Waals surface area contributed by atoms with Crippen molar-refractivity contribution in [2.75, 3.05) is 50.4 Å². The second-order valence-electron chi connectivity index (χ2n) is 12.5. The largest absolute Gasteiger partial charge is 0.507 e. The number of nitrogens with one attached hydrogen (secondary N) is 2. The first-order valence-corrected chi connectivity index (χ1v) is 15.8. The van der Waals surface area contributed by atoms with Gasteiger partial charge < -0.3 is 35.2 Å². The maximum absolute atomic E-state index is 13.0.